The van der Waals surface area contributed by atoms with Crippen LogP contribution < -0.4 is 5.32 Å². The van der Waals surface area contributed by atoms with E-state index in [1.54, 1.807) is 0 Å². The Morgan fingerprint density at radius 2 is 2.21 bits per heavy atom. The molecule has 0 aliphatic carbocycles. The number of hydrogen-bond donors (Lipinski definition) is 1. The smallest absolute Gasteiger partial charge is 0.0849 e. The van der Waals surface area contributed by atoms with Gasteiger partial charge in [0.05, 0.1) is 21.7 Å². The van der Waals surface area contributed by atoms with Crippen molar-refractivity contribution in [3.05, 3.63) is 33.8 Å². The van der Waals surface area contributed by atoms with Gasteiger partial charge in [-0.05, 0) is 44.4 Å². The molecule has 1 heterocycles. The summed E-state index contributed by atoms with van der Waals surface area (Å²) in [6.07, 6.45) is 3.21. The number of ether oxygens (including phenoxy) is 1. The number of halogens is 2. The number of nitrogens with one attached hydrogen (secondary N) is 1. The van der Waals surface area contributed by atoms with Crippen LogP contribution in [0.15, 0.2) is 18.2 Å². The number of hydrogen-bond acceptors (Lipinski definition) is 2. The first-order valence-electron chi connectivity index (χ1n) is 6.90. The highest BCUT2D eigenvalue weighted by Crippen LogP contribution is 2.41. The molecule has 0 aromatic heterocycles. The summed E-state index contributed by atoms with van der Waals surface area (Å²) >= 11 is 12.5. The van der Waals surface area contributed by atoms with E-state index in [1.807, 2.05) is 18.2 Å². The molecule has 0 amide bonds. The maximum Gasteiger partial charge on any atom is 0.0849 e. The van der Waals surface area contributed by atoms with Crippen molar-refractivity contribution in [1.29, 1.82) is 0 Å². The molecule has 1 saturated heterocycles. The first kappa shape index (κ1) is 15.1. The van der Waals surface area contributed by atoms with E-state index in [1.165, 1.54) is 0 Å². The average molecular weight is 302 g/mol. The molecule has 106 valence electrons. The highest BCUT2D eigenvalue weighted by atomic mass is 35.5. The normalized spacial score (nSPS) is 24.6. The Kier molecular flexibility index (Phi) is 5.13. The van der Waals surface area contributed by atoms with Gasteiger partial charge in [0.25, 0.3) is 0 Å². The molecule has 1 aliphatic heterocycles. The van der Waals surface area contributed by atoms with Crippen LogP contribution >= 0.6 is 23.2 Å². The molecular formula is C15H21Cl2NO. The van der Waals surface area contributed by atoms with Gasteiger partial charge < -0.3 is 10.1 Å². The van der Waals surface area contributed by atoms with Gasteiger partial charge in [0.1, 0.15) is 0 Å². The number of rotatable bonds is 5. The highest BCUT2D eigenvalue weighted by molar-refractivity contribution is 6.42. The predicted octanol–water partition coefficient (Wildman–Crippen LogP) is 4.60. The van der Waals surface area contributed by atoms with Crippen LogP contribution in [0.3, 0.4) is 0 Å². The maximum absolute atomic E-state index is 6.38. The van der Waals surface area contributed by atoms with Crippen LogP contribution in [0.4, 0.5) is 0 Å². The molecule has 4 heteroatoms. The lowest BCUT2D eigenvalue weighted by atomic mass is 9.87. The molecule has 0 bridgehead atoms. The molecule has 1 aliphatic rings. The summed E-state index contributed by atoms with van der Waals surface area (Å²) in [5.74, 6) is 0. The second kappa shape index (κ2) is 6.45. The molecule has 2 nitrogen and oxygen atoms in total. The van der Waals surface area contributed by atoms with Gasteiger partial charge in [-0.25, -0.2) is 0 Å². The Morgan fingerprint density at radius 3 is 2.84 bits per heavy atom. The molecule has 1 aromatic carbocycles. The van der Waals surface area contributed by atoms with Crippen LogP contribution in [0.25, 0.3) is 0 Å². The minimum atomic E-state index is -0.205. The fourth-order valence-corrected chi connectivity index (χ4v) is 3.13. The zero-order valence-corrected chi connectivity index (χ0v) is 13.0. The molecule has 19 heavy (non-hydrogen) atoms. The van der Waals surface area contributed by atoms with Gasteiger partial charge in [-0.3, -0.25) is 0 Å². The van der Waals surface area contributed by atoms with Crippen LogP contribution in [-0.2, 0) is 4.74 Å². The molecule has 1 N–H and O–H groups in total. The van der Waals surface area contributed by atoms with Crippen molar-refractivity contribution < 1.29 is 4.74 Å². The second-order valence-corrected chi connectivity index (χ2v) is 6.08. The quantitative estimate of drug-likeness (QED) is 0.858. The van der Waals surface area contributed by atoms with Gasteiger partial charge in [0.15, 0.2) is 0 Å². The van der Waals surface area contributed by atoms with Crippen molar-refractivity contribution in [2.75, 3.05) is 13.2 Å². The van der Waals surface area contributed by atoms with E-state index in [0.29, 0.717) is 10.0 Å². The Morgan fingerprint density at radius 1 is 1.42 bits per heavy atom. The first-order valence-corrected chi connectivity index (χ1v) is 7.65. The van der Waals surface area contributed by atoms with Crippen LogP contribution in [0.2, 0.25) is 10.0 Å². The fraction of sp³-hybridized carbons (Fsp3) is 0.600. The third-order valence-corrected chi connectivity index (χ3v) is 4.58. The van der Waals surface area contributed by atoms with Gasteiger partial charge >= 0.3 is 0 Å². The SMILES string of the molecule is CCCNC(c1cccc(Cl)c1Cl)C1(C)CCCO1. The topological polar surface area (TPSA) is 21.3 Å². The second-order valence-electron chi connectivity index (χ2n) is 5.29. The van der Waals surface area contributed by atoms with Crippen LogP contribution in [-0.4, -0.2) is 18.8 Å². The van der Waals surface area contributed by atoms with E-state index >= 15 is 0 Å². The van der Waals surface area contributed by atoms with Crippen molar-refractivity contribution in [3.8, 4) is 0 Å². The summed E-state index contributed by atoms with van der Waals surface area (Å²) in [6, 6.07) is 5.89. The van der Waals surface area contributed by atoms with Crippen LogP contribution in [0.1, 0.15) is 44.7 Å². The third-order valence-electron chi connectivity index (χ3n) is 3.75. The molecule has 0 spiro atoms. The van der Waals surface area contributed by atoms with E-state index in [2.05, 4.69) is 19.2 Å². The zero-order chi connectivity index (χ0) is 13.9. The van der Waals surface area contributed by atoms with Crippen molar-refractivity contribution in [2.24, 2.45) is 0 Å². The van der Waals surface area contributed by atoms with Gasteiger partial charge in [0.2, 0.25) is 0 Å². The van der Waals surface area contributed by atoms with Gasteiger partial charge in [0, 0.05) is 6.61 Å². The Balaban J connectivity index is 2.34. The van der Waals surface area contributed by atoms with E-state index in [4.69, 9.17) is 27.9 Å². The van der Waals surface area contributed by atoms with Gasteiger partial charge in [-0.2, -0.15) is 0 Å². The third kappa shape index (κ3) is 3.25. The summed E-state index contributed by atoms with van der Waals surface area (Å²) in [4.78, 5) is 0. The Labute approximate surface area is 125 Å². The zero-order valence-electron chi connectivity index (χ0n) is 11.5. The van der Waals surface area contributed by atoms with Crippen molar-refractivity contribution in [1.82, 2.24) is 5.32 Å². The molecule has 1 fully saturated rings. The number of benzene rings is 1. The monoisotopic (exact) mass is 301 g/mol. The summed E-state index contributed by atoms with van der Waals surface area (Å²) in [6.45, 7) is 6.07. The summed E-state index contributed by atoms with van der Waals surface area (Å²) < 4.78 is 5.98. The lowest BCUT2D eigenvalue weighted by Gasteiger charge is -2.35. The van der Waals surface area contributed by atoms with Crippen LogP contribution in [0, 0.1) is 0 Å². The standard InChI is InChI=1S/C15H21Cl2NO/c1-3-9-18-14(15(2)8-5-10-19-15)11-6-4-7-12(16)13(11)17/h4,6-7,14,18H,3,5,8-10H2,1-2H3. The lowest BCUT2D eigenvalue weighted by Crippen LogP contribution is -2.41. The Hall–Kier alpha value is -0.280. The summed E-state index contributed by atoms with van der Waals surface area (Å²) in [5, 5.41) is 4.80. The van der Waals surface area contributed by atoms with Crippen molar-refractivity contribution in [2.45, 2.75) is 44.8 Å². The van der Waals surface area contributed by atoms with Gasteiger partial charge in [-0.1, -0.05) is 42.3 Å². The first-order chi connectivity index (χ1) is 9.08. The molecule has 2 unspecified atom stereocenters. The van der Waals surface area contributed by atoms with E-state index in [0.717, 1.165) is 38.0 Å². The minimum absolute atomic E-state index is 0.0844. The highest BCUT2D eigenvalue weighted by Gasteiger charge is 2.40. The maximum atomic E-state index is 6.38. The molecule has 2 atom stereocenters. The van der Waals surface area contributed by atoms with Gasteiger partial charge in [-0.15, -0.1) is 0 Å². The van der Waals surface area contributed by atoms with E-state index in [-0.39, 0.29) is 11.6 Å². The molecule has 0 radical (unpaired) electrons. The summed E-state index contributed by atoms with van der Waals surface area (Å²) in [7, 11) is 0. The largest absolute Gasteiger partial charge is 0.373 e. The minimum Gasteiger partial charge on any atom is -0.373 e. The predicted molar refractivity (Wildman–Crippen MR) is 81.1 cm³/mol. The summed E-state index contributed by atoms with van der Waals surface area (Å²) in [5.41, 5.74) is 0.829. The molecule has 0 saturated carbocycles. The van der Waals surface area contributed by atoms with E-state index in [9.17, 15) is 0 Å². The van der Waals surface area contributed by atoms with Crippen LogP contribution in [0.5, 0.6) is 0 Å². The van der Waals surface area contributed by atoms with Crippen molar-refractivity contribution in [3.63, 3.8) is 0 Å². The molecular weight excluding hydrogens is 281 g/mol. The average Bonchev–Trinajstić information content (AvgIpc) is 2.82. The lowest BCUT2D eigenvalue weighted by molar-refractivity contribution is -0.0124. The fourth-order valence-electron chi connectivity index (χ4n) is 2.72. The molecule has 1 aromatic rings. The molecule has 2 rings (SSSR count). The Bertz CT molecular complexity index is 430. The van der Waals surface area contributed by atoms with E-state index < -0.39 is 0 Å². The van der Waals surface area contributed by atoms with Crippen molar-refractivity contribution >= 4 is 23.2 Å².